The van der Waals surface area contributed by atoms with Gasteiger partial charge in [-0.05, 0) is 42.8 Å². The van der Waals surface area contributed by atoms with Crippen molar-refractivity contribution in [1.29, 1.82) is 0 Å². The molecule has 0 bridgehead atoms. The van der Waals surface area contributed by atoms with Crippen LogP contribution >= 0.6 is 27.7 Å². The highest BCUT2D eigenvalue weighted by Crippen LogP contribution is 2.41. The molecule has 1 aliphatic heterocycles. The number of aryl methyl sites for hydroxylation is 1. The first-order valence-corrected chi connectivity index (χ1v) is 9.94. The van der Waals surface area contributed by atoms with Crippen molar-refractivity contribution < 1.29 is 14.6 Å². The lowest BCUT2D eigenvalue weighted by atomic mass is 10.1. The molecule has 140 valence electrons. The minimum Gasteiger partial charge on any atom is -0.504 e. The molecule has 4 rings (SSSR count). The van der Waals surface area contributed by atoms with Gasteiger partial charge in [0.15, 0.2) is 11.5 Å². The zero-order valence-corrected chi connectivity index (χ0v) is 17.1. The van der Waals surface area contributed by atoms with Gasteiger partial charge in [-0.2, -0.15) is 0 Å². The number of aromatic nitrogens is 3. The largest absolute Gasteiger partial charge is 0.504 e. The number of benzene rings is 1. The highest BCUT2D eigenvalue weighted by molar-refractivity contribution is 9.10. The van der Waals surface area contributed by atoms with E-state index in [2.05, 4.69) is 30.9 Å². The van der Waals surface area contributed by atoms with Crippen LogP contribution < -0.4 is 4.74 Å². The number of nitrogens with zero attached hydrogens (tertiary/aromatic N) is 3. The van der Waals surface area contributed by atoms with Crippen LogP contribution in [0.15, 0.2) is 57.3 Å². The van der Waals surface area contributed by atoms with Gasteiger partial charge in [0.2, 0.25) is 5.78 Å². The number of phenolic OH excluding ortho intramolecular Hbond substituents is 1. The minimum atomic E-state index is -0.0626. The van der Waals surface area contributed by atoms with Crippen LogP contribution in [-0.2, 0) is 6.61 Å². The predicted octanol–water partition coefficient (Wildman–Crippen LogP) is 4.56. The molecule has 0 fully saturated rings. The maximum Gasteiger partial charge on any atom is 0.202 e. The maximum atomic E-state index is 12.6. The summed E-state index contributed by atoms with van der Waals surface area (Å²) in [4.78, 5) is 25.6. The van der Waals surface area contributed by atoms with Gasteiger partial charge in [0.05, 0.1) is 10.5 Å². The monoisotopic (exact) mass is 455 g/mol. The van der Waals surface area contributed by atoms with E-state index >= 15 is 0 Å². The normalized spacial score (nSPS) is 14.4. The van der Waals surface area contributed by atoms with E-state index in [9.17, 15) is 9.90 Å². The number of carbonyl (C=O) groups is 1. The zero-order valence-electron chi connectivity index (χ0n) is 14.7. The van der Waals surface area contributed by atoms with Crippen molar-refractivity contribution in [3.8, 4) is 11.5 Å². The van der Waals surface area contributed by atoms with E-state index in [0.717, 1.165) is 11.1 Å². The van der Waals surface area contributed by atoms with Gasteiger partial charge >= 0.3 is 0 Å². The smallest absolute Gasteiger partial charge is 0.202 e. The lowest BCUT2D eigenvalue weighted by Gasteiger charge is -2.10. The Morgan fingerprint density at radius 2 is 2.04 bits per heavy atom. The summed E-state index contributed by atoms with van der Waals surface area (Å²) in [6.07, 6.45) is 6.79. The number of ether oxygens (including phenoxy) is 1. The summed E-state index contributed by atoms with van der Waals surface area (Å²) in [7, 11) is 0. The molecule has 0 aliphatic carbocycles. The maximum absolute atomic E-state index is 12.6. The third-order valence-electron chi connectivity index (χ3n) is 4.04. The van der Waals surface area contributed by atoms with E-state index in [1.165, 1.54) is 11.8 Å². The summed E-state index contributed by atoms with van der Waals surface area (Å²) in [5, 5.41) is 10.9. The molecule has 1 aromatic carbocycles. The van der Waals surface area contributed by atoms with Gasteiger partial charge in [0.1, 0.15) is 17.5 Å². The highest BCUT2D eigenvalue weighted by Gasteiger charge is 2.27. The topological polar surface area (TPSA) is 85.2 Å². The molecule has 0 unspecified atom stereocenters. The Labute approximate surface area is 173 Å². The number of fused-ring (bicyclic) bond motifs is 1. The zero-order chi connectivity index (χ0) is 19.7. The average Bonchev–Trinajstić information content (AvgIpc) is 3.00. The minimum absolute atomic E-state index is 0.00240. The van der Waals surface area contributed by atoms with Gasteiger partial charge < -0.3 is 9.84 Å². The summed E-state index contributed by atoms with van der Waals surface area (Å²) >= 11 is 4.76. The molecule has 0 atom stereocenters. The number of aromatic hydroxyl groups is 1. The Kier molecular flexibility index (Phi) is 5.15. The second-order valence-corrected chi connectivity index (χ2v) is 7.95. The molecule has 0 amide bonds. The molecule has 2 aromatic heterocycles. The van der Waals surface area contributed by atoms with Gasteiger partial charge in [-0.15, -0.1) is 0 Å². The summed E-state index contributed by atoms with van der Waals surface area (Å²) in [5.74, 6) is 0.921. The molecule has 28 heavy (non-hydrogen) atoms. The Hall–Kier alpha value is -2.71. The Morgan fingerprint density at radius 1 is 1.25 bits per heavy atom. The van der Waals surface area contributed by atoms with Crippen LogP contribution in [0.2, 0.25) is 0 Å². The number of halogens is 1. The van der Waals surface area contributed by atoms with Crippen molar-refractivity contribution in [1.82, 2.24) is 15.0 Å². The third kappa shape index (κ3) is 3.79. The summed E-state index contributed by atoms with van der Waals surface area (Å²) < 4.78 is 6.38. The molecule has 8 heteroatoms. The van der Waals surface area contributed by atoms with E-state index in [4.69, 9.17) is 4.74 Å². The van der Waals surface area contributed by atoms with Crippen molar-refractivity contribution in [2.24, 2.45) is 0 Å². The first-order valence-electron chi connectivity index (χ1n) is 8.33. The van der Waals surface area contributed by atoms with Gasteiger partial charge in [-0.3, -0.25) is 4.79 Å². The first-order chi connectivity index (χ1) is 13.5. The predicted molar refractivity (Wildman–Crippen MR) is 109 cm³/mol. The lowest BCUT2D eigenvalue weighted by molar-refractivity contribution is 0.104. The van der Waals surface area contributed by atoms with Crippen LogP contribution in [0.1, 0.15) is 27.3 Å². The molecule has 6 nitrogen and oxygen atoms in total. The number of carbonyl (C=O) groups excluding carboxylic acids is 1. The summed E-state index contributed by atoms with van der Waals surface area (Å²) in [6, 6.07) is 6.74. The molecule has 1 aliphatic rings. The number of hydrogen-bond acceptors (Lipinski definition) is 7. The van der Waals surface area contributed by atoms with Gasteiger partial charge in [-0.25, -0.2) is 15.0 Å². The van der Waals surface area contributed by atoms with Gasteiger partial charge in [-0.1, -0.05) is 27.7 Å². The van der Waals surface area contributed by atoms with Crippen molar-refractivity contribution in [3.05, 3.63) is 74.7 Å². The molecular weight excluding hydrogens is 442 g/mol. The van der Waals surface area contributed by atoms with Crippen molar-refractivity contribution in [3.63, 3.8) is 0 Å². The standard InChI is InChI=1S/C20H14BrN3O3S/c1-11-23-8-12(9-24-11)10-27-17-5-13(15(21)7-16(17)25)6-18-19(26)14-3-2-4-22-20(14)28-18/h2-9,25H,10H2,1H3/b18-6-. The van der Waals surface area contributed by atoms with Crippen LogP contribution in [0.3, 0.4) is 0 Å². The number of pyridine rings is 1. The molecule has 0 saturated heterocycles. The third-order valence-corrected chi connectivity index (χ3v) is 5.77. The number of rotatable bonds is 4. The van der Waals surface area contributed by atoms with Crippen LogP contribution in [-0.4, -0.2) is 25.8 Å². The molecule has 3 aromatic rings. The molecular formula is C20H14BrN3O3S. The average molecular weight is 456 g/mol. The fourth-order valence-corrected chi connectivity index (χ4v) is 4.03. The number of Topliss-reactive ketones (excluding diaryl/α,β-unsaturated/α-hetero) is 1. The number of ketones is 1. The fraction of sp³-hybridized carbons (Fsp3) is 0.100. The van der Waals surface area contributed by atoms with E-state index in [0.29, 0.717) is 31.5 Å². The highest BCUT2D eigenvalue weighted by atomic mass is 79.9. The van der Waals surface area contributed by atoms with Gasteiger partial charge in [0.25, 0.3) is 0 Å². The number of phenols is 1. The SMILES string of the molecule is Cc1ncc(COc2cc(/C=C3\Sc4ncccc4C3=O)c(Br)cc2O)cn1. The molecule has 3 heterocycles. The van der Waals surface area contributed by atoms with Crippen molar-refractivity contribution in [2.75, 3.05) is 0 Å². The Morgan fingerprint density at radius 3 is 2.79 bits per heavy atom. The van der Waals surface area contributed by atoms with E-state index in [1.807, 2.05) is 0 Å². The van der Waals surface area contributed by atoms with E-state index in [-0.39, 0.29) is 18.1 Å². The van der Waals surface area contributed by atoms with Crippen molar-refractivity contribution >= 4 is 39.6 Å². The van der Waals surface area contributed by atoms with Crippen molar-refractivity contribution in [2.45, 2.75) is 18.6 Å². The van der Waals surface area contributed by atoms with E-state index in [1.54, 1.807) is 55.9 Å². The van der Waals surface area contributed by atoms with Crippen LogP contribution in [0, 0.1) is 6.92 Å². The summed E-state index contributed by atoms with van der Waals surface area (Å²) in [6.45, 7) is 2.02. The number of thioether (sulfide) groups is 1. The van der Waals surface area contributed by atoms with Gasteiger partial charge in [0, 0.05) is 28.6 Å². The Balaban J connectivity index is 1.59. The second kappa shape index (κ2) is 7.73. The molecule has 0 radical (unpaired) electrons. The number of allylic oxidation sites excluding steroid dienone is 1. The van der Waals surface area contributed by atoms with Crippen LogP contribution in [0.5, 0.6) is 11.5 Å². The van der Waals surface area contributed by atoms with Crippen LogP contribution in [0.4, 0.5) is 0 Å². The summed E-state index contributed by atoms with van der Waals surface area (Å²) in [5.41, 5.74) is 2.11. The molecule has 0 spiro atoms. The van der Waals surface area contributed by atoms with E-state index < -0.39 is 0 Å². The van der Waals surface area contributed by atoms with Crippen LogP contribution in [0.25, 0.3) is 6.08 Å². The lowest BCUT2D eigenvalue weighted by Crippen LogP contribution is -1.99. The fourth-order valence-electron chi connectivity index (χ4n) is 2.60. The number of hydrogen-bond donors (Lipinski definition) is 1. The molecule has 0 saturated carbocycles. The Bertz CT molecular complexity index is 1100. The first kappa shape index (κ1) is 18.6. The molecule has 1 N–H and O–H groups in total. The quantitative estimate of drug-likeness (QED) is 0.577. The second-order valence-electron chi connectivity index (χ2n) is 6.06.